The van der Waals surface area contributed by atoms with Crippen molar-refractivity contribution in [2.45, 2.75) is 13.1 Å². The highest BCUT2D eigenvalue weighted by atomic mass is 28.3. The molecule has 0 radical (unpaired) electrons. The van der Waals surface area contributed by atoms with Gasteiger partial charge in [0.1, 0.15) is 5.75 Å². The van der Waals surface area contributed by atoms with E-state index in [-0.39, 0.29) is 0 Å². The fraction of sp³-hybridized carbons (Fsp3) is 0.167. The minimum absolute atomic E-state index is 1.00. The van der Waals surface area contributed by atoms with E-state index in [2.05, 4.69) is 55.6 Å². The van der Waals surface area contributed by atoms with Crippen LogP contribution in [0, 0.1) is 0 Å². The quantitative estimate of drug-likeness (QED) is 0.679. The Bertz CT molecular complexity index is 432. The van der Waals surface area contributed by atoms with Crippen LogP contribution in [-0.2, 0) is 0 Å². The summed E-state index contributed by atoms with van der Waals surface area (Å²) in [5, 5.41) is 2.47. The van der Waals surface area contributed by atoms with Gasteiger partial charge in [0.25, 0.3) is 0 Å². The first-order valence-corrected chi connectivity index (χ1v) is 7.70. The summed E-state index contributed by atoms with van der Waals surface area (Å²) in [5.74, 6) is 1.03. The number of hydrogen-bond acceptors (Lipinski definition) is 1. The van der Waals surface area contributed by atoms with Crippen molar-refractivity contribution in [1.82, 2.24) is 0 Å². The number of benzene rings is 2. The van der Waals surface area contributed by atoms with E-state index in [1.807, 2.05) is 0 Å². The minimum atomic E-state index is -1.00. The second-order valence-electron chi connectivity index (χ2n) is 3.64. The van der Waals surface area contributed by atoms with Gasteiger partial charge in [-0.3, -0.25) is 0 Å². The van der Waals surface area contributed by atoms with E-state index in [0.29, 0.717) is 0 Å². The van der Waals surface area contributed by atoms with Crippen LogP contribution in [0.15, 0.2) is 42.5 Å². The standard InChI is InChI=1S/C12H14OSi/c1-14(2)13-12-9-5-7-10-6-3-4-8-11(10)12/h3-9,14H,1-2H3. The molecule has 0 amide bonds. The van der Waals surface area contributed by atoms with Crippen LogP contribution in [0.5, 0.6) is 5.75 Å². The van der Waals surface area contributed by atoms with Crippen molar-refractivity contribution in [2.24, 2.45) is 0 Å². The maximum Gasteiger partial charge on any atom is 0.229 e. The number of rotatable bonds is 2. The first-order chi connectivity index (χ1) is 6.77. The van der Waals surface area contributed by atoms with Crippen LogP contribution in [0.25, 0.3) is 10.8 Å². The predicted octanol–water partition coefficient (Wildman–Crippen LogP) is 3.20. The minimum Gasteiger partial charge on any atom is -0.547 e. The Kier molecular flexibility index (Phi) is 2.55. The van der Waals surface area contributed by atoms with Gasteiger partial charge in [0.05, 0.1) is 0 Å². The second-order valence-corrected chi connectivity index (χ2v) is 5.98. The lowest BCUT2D eigenvalue weighted by Crippen LogP contribution is -2.11. The Balaban J connectivity index is 2.53. The summed E-state index contributed by atoms with van der Waals surface area (Å²) in [6, 6.07) is 14.6. The van der Waals surface area contributed by atoms with Crippen molar-refractivity contribution >= 4 is 19.8 Å². The van der Waals surface area contributed by atoms with Gasteiger partial charge in [0.2, 0.25) is 9.04 Å². The van der Waals surface area contributed by atoms with Gasteiger partial charge in [-0.25, -0.2) is 0 Å². The fourth-order valence-electron chi connectivity index (χ4n) is 1.55. The Labute approximate surface area is 86.1 Å². The van der Waals surface area contributed by atoms with Gasteiger partial charge in [0, 0.05) is 5.39 Å². The van der Waals surface area contributed by atoms with Gasteiger partial charge >= 0.3 is 0 Å². The molecule has 0 fully saturated rings. The molecule has 2 heteroatoms. The van der Waals surface area contributed by atoms with Gasteiger partial charge < -0.3 is 4.43 Å². The molecule has 2 rings (SSSR count). The van der Waals surface area contributed by atoms with Gasteiger partial charge in [-0.05, 0) is 24.5 Å². The third kappa shape index (κ3) is 1.80. The molecule has 0 N–H and O–H groups in total. The summed E-state index contributed by atoms with van der Waals surface area (Å²) < 4.78 is 5.87. The Morgan fingerprint density at radius 2 is 1.64 bits per heavy atom. The molecule has 0 aromatic heterocycles. The van der Waals surface area contributed by atoms with Crippen LogP contribution in [0.2, 0.25) is 13.1 Å². The normalized spacial score (nSPS) is 10.8. The average Bonchev–Trinajstić information content (AvgIpc) is 2.18. The summed E-state index contributed by atoms with van der Waals surface area (Å²) in [4.78, 5) is 0. The molecular formula is C12H14OSi. The Morgan fingerprint density at radius 3 is 2.43 bits per heavy atom. The van der Waals surface area contributed by atoms with Crippen molar-refractivity contribution in [2.75, 3.05) is 0 Å². The lowest BCUT2D eigenvalue weighted by atomic mass is 10.1. The molecule has 14 heavy (non-hydrogen) atoms. The average molecular weight is 202 g/mol. The summed E-state index contributed by atoms with van der Waals surface area (Å²) in [6.45, 7) is 4.36. The Hall–Kier alpha value is -1.28. The van der Waals surface area contributed by atoms with Crippen LogP contribution in [0.4, 0.5) is 0 Å². The molecule has 0 spiro atoms. The van der Waals surface area contributed by atoms with Gasteiger partial charge in [-0.2, -0.15) is 0 Å². The van der Waals surface area contributed by atoms with E-state index < -0.39 is 9.04 Å². The molecule has 2 aromatic rings. The van der Waals surface area contributed by atoms with Crippen LogP contribution in [0.3, 0.4) is 0 Å². The van der Waals surface area contributed by atoms with E-state index in [1.165, 1.54) is 10.8 Å². The van der Waals surface area contributed by atoms with Crippen molar-refractivity contribution in [3.63, 3.8) is 0 Å². The van der Waals surface area contributed by atoms with E-state index in [9.17, 15) is 0 Å². The molecule has 72 valence electrons. The largest absolute Gasteiger partial charge is 0.547 e. The lowest BCUT2D eigenvalue weighted by molar-refractivity contribution is 0.587. The van der Waals surface area contributed by atoms with E-state index in [1.54, 1.807) is 0 Å². The molecular weight excluding hydrogens is 188 g/mol. The molecule has 0 aliphatic carbocycles. The first kappa shape index (κ1) is 9.28. The summed E-state index contributed by atoms with van der Waals surface area (Å²) in [5.41, 5.74) is 0. The molecule has 0 aliphatic heterocycles. The molecule has 0 saturated heterocycles. The fourth-order valence-corrected chi connectivity index (χ4v) is 2.27. The zero-order chi connectivity index (χ0) is 9.97. The van der Waals surface area contributed by atoms with E-state index >= 15 is 0 Å². The smallest absolute Gasteiger partial charge is 0.229 e. The van der Waals surface area contributed by atoms with Gasteiger partial charge in [-0.15, -0.1) is 0 Å². The summed E-state index contributed by atoms with van der Waals surface area (Å²) >= 11 is 0. The monoisotopic (exact) mass is 202 g/mol. The van der Waals surface area contributed by atoms with Crippen molar-refractivity contribution in [3.8, 4) is 5.75 Å². The third-order valence-corrected chi connectivity index (χ3v) is 2.84. The zero-order valence-corrected chi connectivity index (χ0v) is 9.68. The van der Waals surface area contributed by atoms with Crippen LogP contribution < -0.4 is 4.43 Å². The van der Waals surface area contributed by atoms with Crippen molar-refractivity contribution in [1.29, 1.82) is 0 Å². The van der Waals surface area contributed by atoms with Crippen LogP contribution in [-0.4, -0.2) is 9.04 Å². The highest BCUT2D eigenvalue weighted by Crippen LogP contribution is 2.25. The highest BCUT2D eigenvalue weighted by Gasteiger charge is 2.02. The van der Waals surface area contributed by atoms with Crippen LogP contribution in [0.1, 0.15) is 0 Å². The molecule has 0 unspecified atom stereocenters. The van der Waals surface area contributed by atoms with Crippen molar-refractivity contribution in [3.05, 3.63) is 42.5 Å². The summed E-state index contributed by atoms with van der Waals surface area (Å²) in [6.07, 6.45) is 0. The molecule has 0 heterocycles. The van der Waals surface area contributed by atoms with E-state index in [0.717, 1.165) is 5.75 Å². The van der Waals surface area contributed by atoms with Gasteiger partial charge in [0.15, 0.2) is 0 Å². The van der Waals surface area contributed by atoms with E-state index in [4.69, 9.17) is 4.43 Å². The number of hydrogen-bond donors (Lipinski definition) is 0. The SMILES string of the molecule is C[SiH](C)Oc1cccc2ccccc12. The van der Waals surface area contributed by atoms with Crippen molar-refractivity contribution < 1.29 is 4.43 Å². The molecule has 0 saturated carbocycles. The molecule has 1 nitrogen and oxygen atoms in total. The van der Waals surface area contributed by atoms with Gasteiger partial charge in [-0.1, -0.05) is 36.4 Å². The Morgan fingerprint density at radius 1 is 0.929 bits per heavy atom. The lowest BCUT2D eigenvalue weighted by Gasteiger charge is -2.11. The maximum atomic E-state index is 5.87. The highest BCUT2D eigenvalue weighted by molar-refractivity contribution is 6.49. The molecule has 2 aromatic carbocycles. The topological polar surface area (TPSA) is 9.23 Å². The molecule has 0 bridgehead atoms. The first-order valence-electron chi connectivity index (χ1n) is 4.92. The summed E-state index contributed by atoms with van der Waals surface area (Å²) in [7, 11) is -1.00. The third-order valence-electron chi connectivity index (χ3n) is 2.11. The zero-order valence-electron chi connectivity index (χ0n) is 8.53. The number of fused-ring (bicyclic) bond motifs is 1. The second kappa shape index (κ2) is 3.84. The predicted molar refractivity (Wildman–Crippen MR) is 63.5 cm³/mol. The molecule has 0 aliphatic rings. The van der Waals surface area contributed by atoms with Crippen LogP contribution >= 0.6 is 0 Å². The maximum absolute atomic E-state index is 5.87. The molecule has 0 atom stereocenters.